The van der Waals surface area contributed by atoms with E-state index < -0.39 is 6.10 Å². The van der Waals surface area contributed by atoms with Gasteiger partial charge in [-0.15, -0.1) is 5.10 Å². The minimum absolute atomic E-state index is 0.262. The van der Waals surface area contributed by atoms with Crippen LogP contribution in [0.1, 0.15) is 18.3 Å². The van der Waals surface area contributed by atoms with Gasteiger partial charge < -0.3 is 4.74 Å². The Morgan fingerprint density at radius 3 is 2.79 bits per heavy atom. The molecule has 0 saturated carbocycles. The van der Waals surface area contributed by atoms with Crippen molar-refractivity contribution in [2.45, 2.75) is 26.6 Å². The molecule has 6 nitrogen and oxygen atoms in total. The van der Waals surface area contributed by atoms with Crippen LogP contribution in [-0.4, -0.2) is 27.2 Å². The van der Waals surface area contributed by atoms with Gasteiger partial charge in [-0.05, 0) is 19.4 Å². The van der Waals surface area contributed by atoms with E-state index in [2.05, 4.69) is 20.5 Å². The van der Waals surface area contributed by atoms with Gasteiger partial charge in [-0.1, -0.05) is 30.3 Å². The van der Waals surface area contributed by atoms with E-state index in [1.165, 1.54) is 0 Å². The molecule has 6 heteroatoms. The van der Waals surface area contributed by atoms with Crippen molar-refractivity contribution in [2.75, 3.05) is 5.32 Å². The molecule has 0 aliphatic rings. The topological polar surface area (TPSA) is 79.9 Å². The smallest absolute Gasteiger partial charge is 0.255 e. The van der Waals surface area contributed by atoms with Crippen molar-refractivity contribution in [1.29, 1.82) is 0 Å². The first-order valence-electron chi connectivity index (χ1n) is 6.00. The third kappa shape index (κ3) is 3.89. The monoisotopic (exact) mass is 260 g/mol. The number of H-pyrrole nitrogens is 1. The van der Waals surface area contributed by atoms with Crippen LogP contribution in [-0.2, 0) is 16.1 Å². The van der Waals surface area contributed by atoms with Gasteiger partial charge in [0.15, 0.2) is 0 Å². The van der Waals surface area contributed by atoms with Gasteiger partial charge in [-0.2, -0.15) is 4.98 Å². The minimum atomic E-state index is -0.570. The van der Waals surface area contributed by atoms with Crippen molar-refractivity contribution >= 4 is 11.9 Å². The van der Waals surface area contributed by atoms with Crippen LogP contribution in [0.3, 0.4) is 0 Å². The molecule has 0 aliphatic heterocycles. The average Bonchev–Trinajstić information content (AvgIpc) is 2.82. The van der Waals surface area contributed by atoms with Crippen molar-refractivity contribution in [1.82, 2.24) is 15.2 Å². The quantitative estimate of drug-likeness (QED) is 0.856. The molecular weight excluding hydrogens is 244 g/mol. The summed E-state index contributed by atoms with van der Waals surface area (Å²) in [5.41, 5.74) is 1.02. The van der Waals surface area contributed by atoms with Crippen LogP contribution in [0.25, 0.3) is 0 Å². The molecule has 1 atom stereocenters. The van der Waals surface area contributed by atoms with E-state index >= 15 is 0 Å². The van der Waals surface area contributed by atoms with Gasteiger partial charge >= 0.3 is 0 Å². The first kappa shape index (κ1) is 13.2. The van der Waals surface area contributed by atoms with Crippen molar-refractivity contribution in [2.24, 2.45) is 0 Å². The third-order valence-corrected chi connectivity index (χ3v) is 2.54. The Hall–Kier alpha value is -2.21. The third-order valence-electron chi connectivity index (χ3n) is 2.54. The van der Waals surface area contributed by atoms with Crippen LogP contribution in [0.15, 0.2) is 30.3 Å². The van der Waals surface area contributed by atoms with E-state index in [0.717, 1.165) is 5.56 Å². The fourth-order valence-corrected chi connectivity index (χ4v) is 1.48. The highest BCUT2D eigenvalue weighted by Crippen LogP contribution is 2.05. The molecule has 2 N–H and O–H groups in total. The Labute approximate surface area is 111 Å². The van der Waals surface area contributed by atoms with Crippen LogP contribution in [0.4, 0.5) is 5.95 Å². The van der Waals surface area contributed by atoms with Crippen LogP contribution in [0.2, 0.25) is 0 Å². The van der Waals surface area contributed by atoms with E-state index in [9.17, 15) is 4.79 Å². The highest BCUT2D eigenvalue weighted by Gasteiger charge is 2.15. The summed E-state index contributed by atoms with van der Waals surface area (Å²) in [6, 6.07) is 9.69. The first-order valence-corrected chi connectivity index (χ1v) is 6.00. The second-order valence-corrected chi connectivity index (χ2v) is 4.17. The zero-order valence-electron chi connectivity index (χ0n) is 10.9. The fraction of sp³-hybridized carbons (Fsp3) is 0.308. The number of rotatable bonds is 5. The van der Waals surface area contributed by atoms with Crippen molar-refractivity contribution < 1.29 is 9.53 Å². The number of hydrogen-bond acceptors (Lipinski definition) is 4. The van der Waals surface area contributed by atoms with Crippen LogP contribution >= 0.6 is 0 Å². The fourth-order valence-electron chi connectivity index (χ4n) is 1.48. The van der Waals surface area contributed by atoms with Gasteiger partial charge in [-0.3, -0.25) is 15.2 Å². The SMILES string of the molecule is Cc1nc(NC(=O)C(C)OCc2ccccc2)n[nH]1. The van der Waals surface area contributed by atoms with Crippen LogP contribution in [0, 0.1) is 6.92 Å². The van der Waals surface area contributed by atoms with Gasteiger partial charge in [0.2, 0.25) is 5.95 Å². The molecule has 0 aliphatic carbocycles. The number of ether oxygens (including phenoxy) is 1. The maximum atomic E-state index is 11.8. The summed E-state index contributed by atoms with van der Waals surface area (Å²) < 4.78 is 5.49. The number of anilines is 1. The summed E-state index contributed by atoms with van der Waals surface area (Å²) in [6.45, 7) is 3.85. The summed E-state index contributed by atoms with van der Waals surface area (Å²) in [5.74, 6) is 0.640. The van der Waals surface area contributed by atoms with Crippen molar-refractivity contribution in [3.8, 4) is 0 Å². The molecule has 0 bridgehead atoms. The lowest BCUT2D eigenvalue weighted by atomic mass is 10.2. The maximum Gasteiger partial charge on any atom is 0.255 e. The summed E-state index contributed by atoms with van der Waals surface area (Å²) in [7, 11) is 0. The van der Waals surface area contributed by atoms with Crippen LogP contribution < -0.4 is 5.32 Å². The van der Waals surface area contributed by atoms with E-state index in [4.69, 9.17) is 4.74 Å². The highest BCUT2D eigenvalue weighted by atomic mass is 16.5. The molecule has 1 aromatic carbocycles. The molecule has 2 aromatic rings. The standard InChI is InChI=1S/C13H16N4O2/c1-9(19-8-11-6-4-3-5-7-11)12(18)15-13-14-10(2)16-17-13/h3-7,9H,8H2,1-2H3,(H2,14,15,16,17,18). The Bertz CT molecular complexity index is 539. The van der Waals surface area contributed by atoms with E-state index in [1.807, 2.05) is 30.3 Å². The second-order valence-electron chi connectivity index (χ2n) is 4.17. The number of carbonyl (C=O) groups excluding carboxylic acids is 1. The highest BCUT2D eigenvalue weighted by molar-refractivity contribution is 5.92. The number of aryl methyl sites for hydroxylation is 1. The Balaban J connectivity index is 1.82. The van der Waals surface area contributed by atoms with Gasteiger partial charge in [0.25, 0.3) is 5.91 Å². The molecule has 1 aromatic heterocycles. The van der Waals surface area contributed by atoms with E-state index in [-0.39, 0.29) is 11.9 Å². The second kappa shape index (κ2) is 6.10. The number of nitrogens with one attached hydrogen (secondary N) is 2. The molecule has 19 heavy (non-hydrogen) atoms. The summed E-state index contributed by atoms with van der Waals surface area (Å²) >= 11 is 0. The largest absolute Gasteiger partial charge is 0.364 e. The van der Waals surface area contributed by atoms with E-state index in [1.54, 1.807) is 13.8 Å². The van der Waals surface area contributed by atoms with E-state index in [0.29, 0.717) is 12.4 Å². The lowest BCUT2D eigenvalue weighted by Crippen LogP contribution is -2.28. The number of nitrogens with zero attached hydrogens (tertiary/aromatic N) is 2. The number of benzene rings is 1. The normalized spacial score (nSPS) is 12.1. The number of carbonyl (C=O) groups is 1. The number of hydrogen-bond donors (Lipinski definition) is 2. The van der Waals surface area contributed by atoms with Gasteiger partial charge in [-0.25, -0.2) is 0 Å². The molecular formula is C13H16N4O2. The molecule has 1 heterocycles. The molecule has 0 fully saturated rings. The molecule has 0 saturated heterocycles. The average molecular weight is 260 g/mol. The number of aromatic nitrogens is 3. The Morgan fingerprint density at radius 1 is 1.42 bits per heavy atom. The minimum Gasteiger partial charge on any atom is -0.364 e. The molecule has 1 unspecified atom stereocenters. The maximum absolute atomic E-state index is 11.8. The Kier molecular flexibility index (Phi) is 4.25. The van der Waals surface area contributed by atoms with Crippen molar-refractivity contribution in [3.05, 3.63) is 41.7 Å². The Morgan fingerprint density at radius 2 is 2.16 bits per heavy atom. The number of amides is 1. The summed E-state index contributed by atoms with van der Waals surface area (Å²) in [4.78, 5) is 15.8. The molecule has 1 amide bonds. The molecule has 0 spiro atoms. The first-order chi connectivity index (χ1) is 9.15. The lowest BCUT2D eigenvalue weighted by Gasteiger charge is -2.11. The van der Waals surface area contributed by atoms with Crippen LogP contribution in [0.5, 0.6) is 0 Å². The molecule has 100 valence electrons. The zero-order chi connectivity index (χ0) is 13.7. The van der Waals surface area contributed by atoms with Gasteiger partial charge in [0, 0.05) is 0 Å². The van der Waals surface area contributed by atoms with Gasteiger partial charge in [0.05, 0.1) is 6.61 Å². The summed E-state index contributed by atoms with van der Waals surface area (Å²) in [6.07, 6.45) is -0.570. The van der Waals surface area contributed by atoms with Gasteiger partial charge in [0.1, 0.15) is 11.9 Å². The lowest BCUT2D eigenvalue weighted by molar-refractivity contribution is -0.127. The summed E-state index contributed by atoms with van der Waals surface area (Å²) in [5, 5.41) is 9.07. The predicted octanol–water partition coefficient (Wildman–Crippen LogP) is 1.66. The predicted molar refractivity (Wildman–Crippen MR) is 70.4 cm³/mol. The number of aromatic amines is 1. The molecule has 0 radical (unpaired) electrons. The zero-order valence-corrected chi connectivity index (χ0v) is 10.9. The van der Waals surface area contributed by atoms with Crippen molar-refractivity contribution in [3.63, 3.8) is 0 Å². The molecule has 2 rings (SSSR count).